The molecule has 6 rings (SSSR count). The second-order valence-corrected chi connectivity index (χ2v) is 9.84. The molecule has 192 valence electrons. The molecule has 0 saturated heterocycles. The highest BCUT2D eigenvalue weighted by Gasteiger charge is 2.32. The first kappa shape index (κ1) is 25.6. The predicted molar refractivity (Wildman–Crippen MR) is 169 cm³/mol. The Hall–Kier alpha value is -5.63. The van der Waals surface area contributed by atoms with Crippen molar-refractivity contribution in [1.82, 2.24) is 0 Å². The van der Waals surface area contributed by atoms with Crippen LogP contribution in [0.25, 0.3) is 16.7 Å². The molecule has 0 N–H and O–H groups in total. The Morgan fingerprint density at radius 1 is 0.390 bits per heavy atom. The molecule has 0 spiro atoms. The van der Waals surface area contributed by atoms with Crippen LogP contribution in [-0.4, -0.2) is 5.78 Å². The van der Waals surface area contributed by atoms with Crippen LogP contribution in [0.1, 0.15) is 45.9 Å². The third-order valence-corrected chi connectivity index (χ3v) is 7.05. The summed E-state index contributed by atoms with van der Waals surface area (Å²) in [4.78, 5) is 14.1. The van der Waals surface area contributed by atoms with Gasteiger partial charge >= 0.3 is 0 Å². The zero-order valence-corrected chi connectivity index (χ0v) is 22.7. The Kier molecular flexibility index (Phi) is 7.27. The Morgan fingerprint density at radius 2 is 0.780 bits per heavy atom. The number of hydrogen-bond donors (Lipinski definition) is 0. The number of carbonyl (C=O) groups is 1. The van der Waals surface area contributed by atoms with Gasteiger partial charge in [0, 0.05) is 33.4 Å². The molecule has 1 nitrogen and oxygen atoms in total. The second kappa shape index (κ2) is 11.6. The van der Waals surface area contributed by atoms with Gasteiger partial charge < -0.3 is 0 Å². The molecule has 1 aliphatic rings. The van der Waals surface area contributed by atoms with E-state index in [2.05, 4.69) is 35.8 Å². The lowest BCUT2D eigenvalue weighted by atomic mass is 9.91. The summed E-state index contributed by atoms with van der Waals surface area (Å²) in [7, 11) is 0. The maximum absolute atomic E-state index is 14.1. The first-order valence-corrected chi connectivity index (χ1v) is 13.6. The van der Waals surface area contributed by atoms with E-state index < -0.39 is 0 Å². The highest BCUT2D eigenvalue weighted by Crippen LogP contribution is 2.45. The molecule has 1 heteroatoms. The maximum atomic E-state index is 14.1. The fourth-order valence-corrected chi connectivity index (χ4v) is 5.16. The molecular formula is C40H26O. The molecule has 1 aliphatic carbocycles. The van der Waals surface area contributed by atoms with Gasteiger partial charge in [0.25, 0.3) is 0 Å². The van der Waals surface area contributed by atoms with Crippen molar-refractivity contribution in [1.29, 1.82) is 0 Å². The summed E-state index contributed by atoms with van der Waals surface area (Å²) in [5.74, 6) is 13.3. The molecular weight excluding hydrogens is 496 g/mol. The summed E-state index contributed by atoms with van der Waals surface area (Å²) in [6.45, 7) is 2.04. The lowest BCUT2D eigenvalue weighted by molar-refractivity contribution is -0.108. The molecule has 0 unspecified atom stereocenters. The van der Waals surface area contributed by atoms with Crippen LogP contribution in [0, 0.1) is 23.7 Å². The Labute approximate surface area is 241 Å². The van der Waals surface area contributed by atoms with E-state index in [1.807, 2.05) is 134 Å². The minimum absolute atomic E-state index is 0.0348. The molecule has 0 atom stereocenters. The van der Waals surface area contributed by atoms with Crippen molar-refractivity contribution in [2.75, 3.05) is 0 Å². The van der Waals surface area contributed by atoms with Crippen LogP contribution >= 0.6 is 0 Å². The van der Waals surface area contributed by atoms with E-state index in [1.165, 1.54) is 0 Å². The smallest absolute Gasteiger partial charge is 0.195 e. The van der Waals surface area contributed by atoms with Crippen LogP contribution in [0.3, 0.4) is 0 Å². The zero-order valence-electron chi connectivity index (χ0n) is 22.7. The van der Waals surface area contributed by atoms with Gasteiger partial charge in [0.1, 0.15) is 0 Å². The van der Waals surface area contributed by atoms with Crippen LogP contribution in [0.4, 0.5) is 0 Å². The third kappa shape index (κ3) is 5.58. The summed E-state index contributed by atoms with van der Waals surface area (Å²) in [5, 5.41) is 0. The standard InChI is InChI=1S/C40H26O/c1-29-37(39(35-20-12-5-13-21-35)40(41)38(29)34-18-10-4-11-19-34)36-27-32(24-22-30-14-6-2-7-15-30)26-33(28-36)25-23-31-16-8-3-9-17-31/h2-21,26-28H,1H3. The quantitative estimate of drug-likeness (QED) is 0.217. The number of ketones is 1. The van der Waals surface area contributed by atoms with Gasteiger partial charge in [-0.1, -0.05) is 121 Å². The molecule has 0 amide bonds. The van der Waals surface area contributed by atoms with Crippen molar-refractivity contribution >= 4 is 22.5 Å². The topological polar surface area (TPSA) is 17.1 Å². The summed E-state index contributed by atoms with van der Waals surface area (Å²) in [6, 6.07) is 45.9. The molecule has 0 aromatic heterocycles. The van der Waals surface area contributed by atoms with E-state index in [0.29, 0.717) is 5.57 Å². The van der Waals surface area contributed by atoms with Crippen LogP contribution in [0.2, 0.25) is 0 Å². The van der Waals surface area contributed by atoms with Crippen molar-refractivity contribution in [3.63, 3.8) is 0 Å². The van der Waals surface area contributed by atoms with Crippen molar-refractivity contribution in [2.24, 2.45) is 0 Å². The number of Topliss-reactive ketones (excluding diaryl/α,β-unsaturated/α-hetero) is 1. The Bertz CT molecular complexity index is 1850. The molecule has 5 aromatic rings. The van der Waals surface area contributed by atoms with Gasteiger partial charge in [-0.15, -0.1) is 0 Å². The van der Waals surface area contributed by atoms with Crippen LogP contribution in [0.5, 0.6) is 0 Å². The molecule has 0 bridgehead atoms. The average molecular weight is 523 g/mol. The Morgan fingerprint density at radius 3 is 1.24 bits per heavy atom. The largest absolute Gasteiger partial charge is 0.289 e. The Balaban J connectivity index is 1.57. The third-order valence-electron chi connectivity index (χ3n) is 7.05. The lowest BCUT2D eigenvalue weighted by Crippen LogP contribution is -2.01. The predicted octanol–water partition coefficient (Wildman–Crippen LogP) is 8.45. The molecule has 0 radical (unpaired) electrons. The van der Waals surface area contributed by atoms with E-state index in [0.717, 1.165) is 55.7 Å². The fraction of sp³-hybridized carbons (Fsp3) is 0.0250. The van der Waals surface area contributed by atoms with Gasteiger partial charge in [-0.25, -0.2) is 0 Å². The highest BCUT2D eigenvalue weighted by molar-refractivity contribution is 6.52. The normalized spacial score (nSPS) is 12.5. The van der Waals surface area contributed by atoms with Crippen LogP contribution < -0.4 is 0 Å². The first-order valence-electron chi connectivity index (χ1n) is 13.6. The van der Waals surface area contributed by atoms with E-state index >= 15 is 0 Å². The van der Waals surface area contributed by atoms with E-state index in [-0.39, 0.29) is 5.78 Å². The summed E-state index contributed by atoms with van der Waals surface area (Å²) >= 11 is 0. The summed E-state index contributed by atoms with van der Waals surface area (Å²) in [5.41, 5.74) is 9.63. The minimum Gasteiger partial charge on any atom is -0.289 e. The minimum atomic E-state index is 0.0348. The number of carbonyl (C=O) groups excluding carboxylic acids is 1. The molecule has 0 heterocycles. The monoisotopic (exact) mass is 522 g/mol. The molecule has 0 fully saturated rings. The van der Waals surface area contributed by atoms with Gasteiger partial charge in [0.05, 0.1) is 0 Å². The van der Waals surface area contributed by atoms with Gasteiger partial charge in [-0.05, 0) is 77.2 Å². The number of hydrogen-bond acceptors (Lipinski definition) is 1. The van der Waals surface area contributed by atoms with Gasteiger partial charge in [-0.2, -0.15) is 0 Å². The van der Waals surface area contributed by atoms with Crippen LogP contribution in [0.15, 0.2) is 145 Å². The fourth-order valence-electron chi connectivity index (χ4n) is 5.16. The number of rotatable bonds is 3. The van der Waals surface area contributed by atoms with Crippen LogP contribution in [-0.2, 0) is 4.79 Å². The summed E-state index contributed by atoms with van der Waals surface area (Å²) < 4.78 is 0. The van der Waals surface area contributed by atoms with Crippen molar-refractivity contribution in [3.8, 4) is 23.7 Å². The SMILES string of the molecule is CC1=C(c2ccccc2)C(=O)C(c2ccccc2)=C1c1cc(C#Cc2ccccc2)cc(C#Cc2ccccc2)c1. The van der Waals surface area contributed by atoms with Gasteiger partial charge in [0.2, 0.25) is 0 Å². The molecule has 5 aromatic carbocycles. The van der Waals surface area contributed by atoms with Crippen molar-refractivity contribution < 1.29 is 4.79 Å². The molecule has 41 heavy (non-hydrogen) atoms. The van der Waals surface area contributed by atoms with Gasteiger partial charge in [-0.3, -0.25) is 4.79 Å². The average Bonchev–Trinajstić information content (AvgIpc) is 3.30. The zero-order chi connectivity index (χ0) is 28.0. The summed E-state index contributed by atoms with van der Waals surface area (Å²) in [6.07, 6.45) is 0. The van der Waals surface area contributed by atoms with Crippen molar-refractivity contribution in [3.05, 3.63) is 184 Å². The molecule has 0 saturated carbocycles. The second-order valence-electron chi connectivity index (χ2n) is 9.84. The number of allylic oxidation sites excluding steroid dienone is 4. The molecule has 0 aliphatic heterocycles. The van der Waals surface area contributed by atoms with E-state index in [4.69, 9.17) is 0 Å². The van der Waals surface area contributed by atoms with Crippen molar-refractivity contribution in [2.45, 2.75) is 6.92 Å². The van der Waals surface area contributed by atoms with E-state index in [1.54, 1.807) is 0 Å². The lowest BCUT2D eigenvalue weighted by Gasteiger charge is -2.11. The highest BCUT2D eigenvalue weighted by atomic mass is 16.1. The first-order chi connectivity index (χ1) is 20.2. The number of benzene rings is 5. The van der Waals surface area contributed by atoms with Gasteiger partial charge in [0.15, 0.2) is 5.78 Å². The maximum Gasteiger partial charge on any atom is 0.195 e. The van der Waals surface area contributed by atoms with E-state index in [9.17, 15) is 4.79 Å².